The Morgan fingerprint density at radius 2 is 1.81 bits per heavy atom. The van der Waals surface area contributed by atoms with Gasteiger partial charge in [-0.1, -0.05) is 20.8 Å². The predicted molar refractivity (Wildman–Crippen MR) is 103 cm³/mol. The van der Waals surface area contributed by atoms with Crippen LogP contribution in [0.5, 0.6) is 0 Å². The van der Waals surface area contributed by atoms with Crippen LogP contribution in [0.3, 0.4) is 0 Å². The molecule has 0 amide bonds. The van der Waals surface area contributed by atoms with E-state index in [2.05, 4.69) is 20.8 Å². The Morgan fingerprint density at radius 3 is 2.52 bits per heavy atom. The number of ketones is 1. The minimum Gasteiger partial charge on any atom is -0.469 e. The van der Waals surface area contributed by atoms with E-state index in [1.165, 1.54) is 13.5 Å². The molecule has 4 saturated carbocycles. The van der Waals surface area contributed by atoms with Crippen LogP contribution in [0.4, 0.5) is 0 Å². The zero-order chi connectivity index (χ0) is 19.6. The van der Waals surface area contributed by atoms with Gasteiger partial charge in [0, 0.05) is 12.8 Å². The van der Waals surface area contributed by atoms with Crippen LogP contribution >= 0.6 is 0 Å². The molecule has 27 heavy (non-hydrogen) atoms. The predicted octanol–water partition coefficient (Wildman–Crippen LogP) is 4.14. The van der Waals surface area contributed by atoms with Crippen molar-refractivity contribution in [1.82, 2.24) is 0 Å². The summed E-state index contributed by atoms with van der Waals surface area (Å²) in [5, 5.41) is 11.5. The number of rotatable bonds is 2. The largest absolute Gasteiger partial charge is 0.469 e. The van der Waals surface area contributed by atoms with E-state index in [1.54, 1.807) is 0 Å². The number of ether oxygens (including phenoxy) is 1. The highest BCUT2D eigenvalue weighted by Gasteiger charge is 2.65. The number of methoxy groups -OCH3 is 1. The second kappa shape index (κ2) is 6.30. The molecule has 0 bridgehead atoms. The highest BCUT2D eigenvalue weighted by molar-refractivity contribution is 5.80. The second-order valence-corrected chi connectivity index (χ2v) is 10.6. The highest BCUT2D eigenvalue weighted by atomic mass is 16.5. The topological polar surface area (TPSA) is 63.6 Å². The molecule has 0 aromatic rings. The Bertz CT molecular complexity index is 644. The van der Waals surface area contributed by atoms with Crippen molar-refractivity contribution in [3.05, 3.63) is 0 Å². The highest BCUT2D eigenvalue weighted by Crippen LogP contribution is 2.69. The van der Waals surface area contributed by atoms with Gasteiger partial charge < -0.3 is 9.84 Å². The van der Waals surface area contributed by atoms with Crippen LogP contribution in [0.1, 0.15) is 78.6 Å². The maximum atomic E-state index is 12.2. The average molecular weight is 377 g/mol. The van der Waals surface area contributed by atoms with Gasteiger partial charge in [-0.3, -0.25) is 9.59 Å². The standard InChI is InChI=1S/C23H36O4/c1-14-11-16(24)12-15-5-6-17-18-8-10-23(26,13-20(25)27-4)21(18,2)9-7-19(17)22(14,15)3/h14-15,17-19,26H,5-13H2,1-4H3/t14-,15-,17-,18-,19-,21-,22-,23+/m0/s1. The third-order valence-electron chi connectivity index (χ3n) is 10.0. The van der Waals surface area contributed by atoms with Gasteiger partial charge in [0.2, 0.25) is 0 Å². The van der Waals surface area contributed by atoms with Gasteiger partial charge in [0.1, 0.15) is 5.78 Å². The lowest BCUT2D eigenvalue weighted by Gasteiger charge is -2.62. The average Bonchev–Trinajstić information content (AvgIpc) is 2.87. The van der Waals surface area contributed by atoms with Crippen molar-refractivity contribution in [3.63, 3.8) is 0 Å². The Hall–Kier alpha value is -0.900. The van der Waals surface area contributed by atoms with Crippen LogP contribution in [-0.2, 0) is 14.3 Å². The van der Waals surface area contributed by atoms with Crippen molar-refractivity contribution in [2.75, 3.05) is 7.11 Å². The SMILES string of the molecule is COC(=O)C[C@]1(O)CC[C@H]2[C@@H]3CC[C@H]4CC(=O)C[C@H](C)[C@]4(C)[C@H]3CC[C@@]21C. The molecule has 0 heterocycles. The summed E-state index contributed by atoms with van der Waals surface area (Å²) in [6.07, 6.45) is 7.79. The van der Waals surface area contributed by atoms with Gasteiger partial charge in [0.05, 0.1) is 19.1 Å². The lowest BCUT2D eigenvalue weighted by molar-refractivity contribution is -0.176. The number of aliphatic hydroxyl groups is 1. The van der Waals surface area contributed by atoms with Gasteiger partial charge >= 0.3 is 5.97 Å². The van der Waals surface area contributed by atoms with Crippen molar-refractivity contribution in [2.45, 2.75) is 84.2 Å². The first-order valence-corrected chi connectivity index (χ1v) is 11.0. The smallest absolute Gasteiger partial charge is 0.308 e. The summed E-state index contributed by atoms with van der Waals surface area (Å²) in [7, 11) is 1.41. The van der Waals surface area contributed by atoms with E-state index in [9.17, 15) is 14.7 Å². The van der Waals surface area contributed by atoms with E-state index in [-0.39, 0.29) is 23.2 Å². The molecule has 0 aliphatic heterocycles. The molecular weight excluding hydrogens is 340 g/mol. The number of hydrogen-bond acceptors (Lipinski definition) is 4. The Kier molecular flexibility index (Phi) is 4.53. The zero-order valence-electron chi connectivity index (χ0n) is 17.4. The zero-order valence-corrected chi connectivity index (χ0v) is 17.4. The molecule has 4 aliphatic rings. The third kappa shape index (κ3) is 2.58. The van der Waals surface area contributed by atoms with Crippen molar-refractivity contribution in [1.29, 1.82) is 0 Å². The number of hydrogen-bond donors (Lipinski definition) is 1. The molecule has 4 heteroatoms. The minimum atomic E-state index is -0.929. The van der Waals surface area contributed by atoms with E-state index in [1.807, 2.05) is 0 Å². The van der Waals surface area contributed by atoms with Crippen LogP contribution in [-0.4, -0.2) is 29.6 Å². The molecule has 4 aliphatic carbocycles. The number of carbonyl (C=O) groups is 2. The van der Waals surface area contributed by atoms with Gasteiger partial charge in [0.25, 0.3) is 0 Å². The fourth-order valence-corrected chi connectivity index (χ4v) is 8.19. The number of carbonyl (C=O) groups excluding carboxylic acids is 2. The lowest BCUT2D eigenvalue weighted by atomic mass is 9.42. The van der Waals surface area contributed by atoms with Crippen LogP contribution in [0.2, 0.25) is 0 Å². The van der Waals surface area contributed by atoms with Gasteiger partial charge in [-0.15, -0.1) is 0 Å². The van der Waals surface area contributed by atoms with Gasteiger partial charge in [0.15, 0.2) is 0 Å². The molecule has 0 saturated heterocycles. The van der Waals surface area contributed by atoms with Crippen LogP contribution in [0.15, 0.2) is 0 Å². The molecule has 0 unspecified atom stereocenters. The lowest BCUT2D eigenvalue weighted by Crippen LogP contribution is -2.58. The summed E-state index contributed by atoms with van der Waals surface area (Å²) < 4.78 is 4.89. The first kappa shape index (κ1) is 19.4. The molecule has 8 atom stereocenters. The first-order chi connectivity index (χ1) is 12.7. The van der Waals surface area contributed by atoms with Crippen LogP contribution < -0.4 is 0 Å². The van der Waals surface area contributed by atoms with E-state index in [0.29, 0.717) is 41.8 Å². The summed E-state index contributed by atoms with van der Waals surface area (Å²) in [5.41, 5.74) is -0.873. The van der Waals surface area contributed by atoms with E-state index in [0.717, 1.165) is 38.5 Å². The molecule has 0 aromatic heterocycles. The second-order valence-electron chi connectivity index (χ2n) is 10.6. The Labute approximate surface area is 163 Å². The summed E-state index contributed by atoms with van der Waals surface area (Å²) in [6.45, 7) is 6.98. The Balaban J connectivity index is 1.63. The molecule has 0 spiro atoms. The van der Waals surface area contributed by atoms with Crippen LogP contribution in [0, 0.1) is 40.4 Å². The maximum Gasteiger partial charge on any atom is 0.308 e. The summed E-state index contributed by atoms with van der Waals surface area (Å²) in [4.78, 5) is 24.2. The molecule has 0 aromatic carbocycles. The number of Topliss-reactive ketones (excluding diaryl/α,β-unsaturated/α-hetero) is 1. The van der Waals surface area contributed by atoms with Gasteiger partial charge in [-0.25, -0.2) is 0 Å². The fourth-order valence-electron chi connectivity index (χ4n) is 8.19. The first-order valence-electron chi connectivity index (χ1n) is 11.0. The van der Waals surface area contributed by atoms with Gasteiger partial charge in [-0.05, 0) is 78.9 Å². The molecule has 4 fully saturated rings. The summed E-state index contributed by atoms with van der Waals surface area (Å²) in [6, 6.07) is 0. The molecular formula is C23H36O4. The van der Waals surface area contributed by atoms with Crippen molar-refractivity contribution < 1.29 is 19.4 Å². The van der Waals surface area contributed by atoms with Crippen molar-refractivity contribution in [3.8, 4) is 0 Å². The van der Waals surface area contributed by atoms with Crippen molar-refractivity contribution >= 4 is 11.8 Å². The van der Waals surface area contributed by atoms with Crippen LogP contribution in [0.25, 0.3) is 0 Å². The van der Waals surface area contributed by atoms with Crippen molar-refractivity contribution in [2.24, 2.45) is 40.4 Å². The van der Waals surface area contributed by atoms with E-state index >= 15 is 0 Å². The number of fused-ring (bicyclic) bond motifs is 5. The van der Waals surface area contributed by atoms with Gasteiger partial charge in [-0.2, -0.15) is 0 Å². The minimum absolute atomic E-state index is 0.124. The molecule has 1 N–H and O–H groups in total. The number of esters is 1. The quantitative estimate of drug-likeness (QED) is 0.736. The fraction of sp³-hybridized carbons (Fsp3) is 0.913. The summed E-state index contributed by atoms with van der Waals surface area (Å²) >= 11 is 0. The normalized spacial score (nSPS) is 51.9. The summed E-state index contributed by atoms with van der Waals surface area (Å²) in [5.74, 6) is 2.90. The van der Waals surface area contributed by atoms with E-state index in [4.69, 9.17) is 4.74 Å². The molecule has 4 nitrogen and oxygen atoms in total. The third-order valence-corrected chi connectivity index (χ3v) is 10.0. The molecule has 4 rings (SSSR count). The van der Waals surface area contributed by atoms with E-state index < -0.39 is 5.60 Å². The maximum absolute atomic E-state index is 12.2. The molecule has 0 radical (unpaired) electrons. The molecule has 152 valence electrons. The monoisotopic (exact) mass is 376 g/mol. The Morgan fingerprint density at radius 1 is 1.11 bits per heavy atom.